The van der Waals surface area contributed by atoms with Crippen molar-refractivity contribution in [3.63, 3.8) is 0 Å². The molecule has 0 saturated carbocycles. The first-order valence-electron chi connectivity index (χ1n) is 6.53. The number of rotatable bonds is 12. The van der Waals surface area contributed by atoms with Gasteiger partial charge in [-0.05, 0) is 25.7 Å². The van der Waals surface area contributed by atoms with E-state index in [1.807, 2.05) is 0 Å². The van der Waals surface area contributed by atoms with Gasteiger partial charge in [-0.1, -0.05) is 0 Å². The van der Waals surface area contributed by atoms with E-state index in [9.17, 15) is 9.59 Å². The van der Waals surface area contributed by atoms with E-state index in [2.05, 4.69) is 10.2 Å². The Morgan fingerprint density at radius 2 is 1.10 bits per heavy atom. The minimum absolute atomic E-state index is 0.183. The van der Waals surface area contributed by atoms with Gasteiger partial charge in [-0.3, -0.25) is 9.59 Å². The minimum atomic E-state index is -0.969. The molecule has 0 bridgehead atoms. The summed E-state index contributed by atoms with van der Waals surface area (Å²) >= 11 is 0. The van der Waals surface area contributed by atoms with Gasteiger partial charge in [0, 0.05) is 13.2 Å². The summed E-state index contributed by atoms with van der Waals surface area (Å²) in [7, 11) is 0. The fraction of sp³-hybridized carbons (Fsp3) is 0.833. The number of carboxylic acids is 2. The van der Waals surface area contributed by atoms with Crippen LogP contribution in [0.25, 0.3) is 0 Å². The van der Waals surface area contributed by atoms with E-state index in [0.29, 0.717) is 12.8 Å². The molecule has 2 atom stereocenters. The Morgan fingerprint density at radius 1 is 0.750 bits per heavy atom. The van der Waals surface area contributed by atoms with Crippen LogP contribution in [0.15, 0.2) is 10.2 Å². The molecule has 0 saturated heterocycles. The van der Waals surface area contributed by atoms with Crippen molar-refractivity contribution >= 4 is 11.9 Å². The van der Waals surface area contributed by atoms with E-state index in [-0.39, 0.29) is 39.1 Å². The highest BCUT2D eigenvalue weighted by atomic mass is 16.4. The molecule has 0 fully saturated rings. The maximum absolute atomic E-state index is 10.8. The summed E-state index contributed by atoms with van der Waals surface area (Å²) in [4.78, 5) is 21.5. The highest BCUT2D eigenvalue weighted by Gasteiger charge is 2.17. The van der Waals surface area contributed by atoms with Gasteiger partial charge in [0.05, 0.1) is 24.9 Å². The van der Waals surface area contributed by atoms with Gasteiger partial charge < -0.3 is 20.4 Å². The van der Waals surface area contributed by atoms with Crippen molar-refractivity contribution in [1.29, 1.82) is 0 Å². The molecule has 4 N–H and O–H groups in total. The van der Waals surface area contributed by atoms with Crippen LogP contribution < -0.4 is 0 Å². The Bertz CT molecular complexity index is 291. The van der Waals surface area contributed by atoms with Gasteiger partial charge in [-0.15, -0.1) is 0 Å². The van der Waals surface area contributed by atoms with E-state index >= 15 is 0 Å². The number of hydrogen-bond donors (Lipinski definition) is 4. The lowest BCUT2D eigenvalue weighted by Gasteiger charge is -2.08. The van der Waals surface area contributed by atoms with Crippen LogP contribution in [0.1, 0.15) is 25.7 Å². The van der Waals surface area contributed by atoms with Gasteiger partial charge in [-0.2, -0.15) is 10.2 Å². The quantitative estimate of drug-likeness (QED) is 0.383. The van der Waals surface area contributed by atoms with E-state index in [0.717, 1.165) is 0 Å². The first kappa shape index (κ1) is 18.5. The first-order chi connectivity index (χ1) is 9.52. The predicted octanol–water partition coefficient (Wildman–Crippen LogP) is 0.385. The lowest BCUT2D eigenvalue weighted by atomic mass is 10.0. The van der Waals surface area contributed by atoms with Crippen LogP contribution in [0.4, 0.5) is 0 Å². The molecular formula is C12H22N2O6. The van der Waals surface area contributed by atoms with Crippen LogP contribution in [-0.4, -0.2) is 58.7 Å². The Labute approximate surface area is 117 Å². The lowest BCUT2D eigenvalue weighted by Crippen LogP contribution is -2.16. The second-order valence-corrected chi connectivity index (χ2v) is 4.40. The summed E-state index contributed by atoms with van der Waals surface area (Å²) in [6, 6.07) is 0. The molecule has 0 radical (unpaired) electrons. The normalized spacial score (nSPS) is 14.3. The van der Waals surface area contributed by atoms with E-state index in [1.54, 1.807) is 0 Å². The van der Waals surface area contributed by atoms with Crippen LogP contribution in [0, 0.1) is 11.8 Å². The fourth-order valence-electron chi connectivity index (χ4n) is 1.66. The largest absolute Gasteiger partial charge is 0.481 e. The average molecular weight is 290 g/mol. The molecule has 8 heteroatoms. The smallest absolute Gasteiger partial charge is 0.306 e. The molecule has 0 heterocycles. The molecule has 0 amide bonds. The van der Waals surface area contributed by atoms with Gasteiger partial charge in [0.25, 0.3) is 0 Å². The standard InChI is InChI=1S/C12H22N2O6/c15-7-3-9(11(17)18)1-5-13-14-6-2-10(4-8-16)12(19)20/h9-10,15-16H,1-8H2,(H,17,18)(H,19,20). The highest BCUT2D eigenvalue weighted by Crippen LogP contribution is 2.10. The maximum Gasteiger partial charge on any atom is 0.306 e. The molecule has 2 unspecified atom stereocenters. The van der Waals surface area contributed by atoms with Crippen LogP contribution in [0.3, 0.4) is 0 Å². The second-order valence-electron chi connectivity index (χ2n) is 4.40. The SMILES string of the molecule is O=C(O)C(CCO)CCN=NCCC(CCO)C(=O)O. The molecule has 20 heavy (non-hydrogen) atoms. The number of aliphatic carboxylic acids is 2. The van der Waals surface area contributed by atoms with Crippen molar-refractivity contribution in [3.8, 4) is 0 Å². The maximum atomic E-state index is 10.8. The summed E-state index contributed by atoms with van der Waals surface area (Å²) in [6.07, 6.45) is 0.946. The van der Waals surface area contributed by atoms with Crippen molar-refractivity contribution in [3.05, 3.63) is 0 Å². The number of azo groups is 1. The van der Waals surface area contributed by atoms with Gasteiger partial charge >= 0.3 is 11.9 Å². The summed E-state index contributed by atoms with van der Waals surface area (Å²) in [6.45, 7) is 0.0918. The van der Waals surface area contributed by atoms with Crippen molar-refractivity contribution in [2.45, 2.75) is 25.7 Å². The minimum Gasteiger partial charge on any atom is -0.481 e. The third-order valence-electron chi connectivity index (χ3n) is 2.91. The molecule has 8 nitrogen and oxygen atoms in total. The van der Waals surface area contributed by atoms with Crippen molar-refractivity contribution in [1.82, 2.24) is 0 Å². The number of carbonyl (C=O) groups is 2. The Hall–Kier alpha value is -1.54. The van der Waals surface area contributed by atoms with Gasteiger partial charge in [0.15, 0.2) is 0 Å². The Morgan fingerprint density at radius 3 is 1.35 bits per heavy atom. The predicted molar refractivity (Wildman–Crippen MR) is 69.5 cm³/mol. The number of aliphatic hydroxyl groups excluding tert-OH is 2. The van der Waals surface area contributed by atoms with Crippen molar-refractivity contribution in [2.75, 3.05) is 26.3 Å². The molecule has 116 valence electrons. The summed E-state index contributed by atoms with van der Waals surface area (Å²) < 4.78 is 0. The Balaban J connectivity index is 3.90. The zero-order chi connectivity index (χ0) is 15.4. The molecule has 0 spiro atoms. The third-order valence-corrected chi connectivity index (χ3v) is 2.91. The molecule has 0 aromatic heterocycles. The molecule has 0 aliphatic heterocycles. The van der Waals surface area contributed by atoms with Crippen LogP contribution in [0.5, 0.6) is 0 Å². The van der Waals surface area contributed by atoms with E-state index in [4.69, 9.17) is 20.4 Å². The Kier molecular flexibility index (Phi) is 10.4. The zero-order valence-electron chi connectivity index (χ0n) is 11.3. The molecule has 0 rings (SSSR count). The molecule has 0 aliphatic carbocycles. The number of carboxylic acid groups (broad SMARTS) is 2. The zero-order valence-corrected chi connectivity index (χ0v) is 11.3. The van der Waals surface area contributed by atoms with Crippen LogP contribution in [-0.2, 0) is 9.59 Å². The highest BCUT2D eigenvalue weighted by molar-refractivity contribution is 5.70. The average Bonchev–Trinajstić information content (AvgIpc) is 2.39. The topological polar surface area (TPSA) is 140 Å². The lowest BCUT2D eigenvalue weighted by molar-refractivity contribution is -0.143. The summed E-state index contributed by atoms with van der Waals surface area (Å²) in [5.41, 5.74) is 0. The monoisotopic (exact) mass is 290 g/mol. The van der Waals surface area contributed by atoms with Gasteiger partial charge in [0.1, 0.15) is 0 Å². The third kappa shape index (κ3) is 8.54. The van der Waals surface area contributed by atoms with Crippen molar-refractivity contribution in [2.24, 2.45) is 22.1 Å². The van der Waals surface area contributed by atoms with E-state index < -0.39 is 23.8 Å². The molecule has 0 aromatic carbocycles. The van der Waals surface area contributed by atoms with Gasteiger partial charge in [0.2, 0.25) is 0 Å². The van der Waals surface area contributed by atoms with Crippen LogP contribution in [0.2, 0.25) is 0 Å². The molecule has 0 aromatic rings. The summed E-state index contributed by atoms with van der Waals surface area (Å²) in [5.74, 6) is -3.22. The summed E-state index contributed by atoms with van der Waals surface area (Å²) in [5, 5.41) is 42.6. The number of nitrogens with zero attached hydrogens (tertiary/aromatic N) is 2. The molecule has 0 aliphatic rings. The first-order valence-corrected chi connectivity index (χ1v) is 6.53. The van der Waals surface area contributed by atoms with Gasteiger partial charge in [-0.25, -0.2) is 0 Å². The fourth-order valence-corrected chi connectivity index (χ4v) is 1.66. The van der Waals surface area contributed by atoms with E-state index in [1.165, 1.54) is 0 Å². The van der Waals surface area contributed by atoms with Crippen LogP contribution >= 0.6 is 0 Å². The van der Waals surface area contributed by atoms with Crippen molar-refractivity contribution < 1.29 is 30.0 Å². The number of hydrogen-bond acceptors (Lipinski definition) is 6. The second kappa shape index (κ2) is 11.3. The number of aliphatic hydroxyl groups is 2. The molecular weight excluding hydrogens is 268 g/mol.